The minimum absolute atomic E-state index is 0.0603. The van der Waals surface area contributed by atoms with Crippen LogP contribution in [0.4, 0.5) is 0 Å². The molecule has 0 amide bonds. The van der Waals surface area contributed by atoms with Crippen molar-refractivity contribution in [3.8, 4) is 0 Å². The Morgan fingerprint density at radius 2 is 2.09 bits per heavy atom. The number of hydrogen-bond acceptors (Lipinski definition) is 6. The smallest absolute Gasteiger partial charge is 0.293 e. The Bertz CT molecular complexity index is 717. The monoisotopic (exact) mass is 308 g/mol. The van der Waals surface area contributed by atoms with Gasteiger partial charge in [-0.1, -0.05) is 0 Å². The number of carbonyl (C=O) groups excluding carboxylic acids is 1. The fourth-order valence-corrected chi connectivity index (χ4v) is 2.27. The van der Waals surface area contributed by atoms with E-state index in [-0.39, 0.29) is 17.7 Å². The topological polar surface area (TPSA) is 110 Å². The zero-order valence-electron chi connectivity index (χ0n) is 12.9. The fourth-order valence-electron chi connectivity index (χ4n) is 2.27. The Hall–Kier alpha value is -2.22. The SMILES string of the molecule is CC(O)(CCC(C)(C)n1cnc2c(=O)[nH]cnc21)COC=O. The zero-order valence-corrected chi connectivity index (χ0v) is 12.9. The number of H-pyrrole nitrogens is 1. The molecule has 0 aliphatic carbocycles. The van der Waals surface area contributed by atoms with E-state index in [9.17, 15) is 14.7 Å². The number of aromatic nitrogens is 4. The molecule has 2 heterocycles. The summed E-state index contributed by atoms with van der Waals surface area (Å²) in [5.41, 5.74) is -1.03. The van der Waals surface area contributed by atoms with Gasteiger partial charge in [0.1, 0.15) is 6.61 Å². The quantitative estimate of drug-likeness (QED) is 0.723. The third-order valence-electron chi connectivity index (χ3n) is 3.73. The molecule has 0 saturated carbocycles. The largest absolute Gasteiger partial charge is 0.465 e. The highest BCUT2D eigenvalue weighted by atomic mass is 16.5. The van der Waals surface area contributed by atoms with Crippen LogP contribution in [0.15, 0.2) is 17.4 Å². The second kappa shape index (κ2) is 5.88. The van der Waals surface area contributed by atoms with Gasteiger partial charge in [-0.25, -0.2) is 9.97 Å². The number of ether oxygens (including phenoxy) is 1. The zero-order chi connectivity index (χ0) is 16.4. The van der Waals surface area contributed by atoms with Gasteiger partial charge >= 0.3 is 0 Å². The van der Waals surface area contributed by atoms with Crippen molar-refractivity contribution in [2.24, 2.45) is 0 Å². The van der Waals surface area contributed by atoms with E-state index in [0.29, 0.717) is 25.0 Å². The van der Waals surface area contributed by atoms with E-state index in [4.69, 9.17) is 0 Å². The number of rotatable bonds is 7. The summed E-state index contributed by atoms with van der Waals surface area (Å²) in [6.07, 6.45) is 3.91. The van der Waals surface area contributed by atoms with E-state index in [1.165, 1.54) is 6.33 Å². The van der Waals surface area contributed by atoms with Crippen LogP contribution < -0.4 is 5.56 Å². The Labute approximate surface area is 127 Å². The molecule has 0 spiro atoms. The molecule has 120 valence electrons. The number of nitrogens with zero attached hydrogens (tertiary/aromatic N) is 3. The summed E-state index contributed by atoms with van der Waals surface area (Å²) in [5, 5.41) is 10.2. The lowest BCUT2D eigenvalue weighted by Crippen LogP contribution is -2.35. The third-order valence-corrected chi connectivity index (χ3v) is 3.73. The highest BCUT2D eigenvalue weighted by Crippen LogP contribution is 2.27. The molecular formula is C14H20N4O4. The Kier molecular flexibility index (Phi) is 4.32. The van der Waals surface area contributed by atoms with Crippen molar-refractivity contribution >= 4 is 17.6 Å². The number of hydrogen-bond donors (Lipinski definition) is 2. The van der Waals surface area contributed by atoms with Gasteiger partial charge in [-0.2, -0.15) is 0 Å². The molecule has 1 unspecified atom stereocenters. The standard InChI is InChI=1S/C14H20N4O4/c1-13(2,4-5-14(3,21)6-22-9-19)18-8-17-10-11(18)15-7-16-12(10)20/h7-9,21H,4-6H2,1-3H3,(H,15,16,20). The normalized spacial score (nSPS) is 14.7. The molecule has 0 aromatic carbocycles. The van der Waals surface area contributed by atoms with Crippen LogP contribution in [-0.4, -0.2) is 43.3 Å². The lowest BCUT2D eigenvalue weighted by molar-refractivity contribution is -0.136. The van der Waals surface area contributed by atoms with Crippen molar-refractivity contribution in [2.75, 3.05) is 6.61 Å². The van der Waals surface area contributed by atoms with Gasteiger partial charge in [0.25, 0.3) is 12.0 Å². The summed E-state index contributed by atoms with van der Waals surface area (Å²) in [4.78, 5) is 32.7. The van der Waals surface area contributed by atoms with E-state index in [0.717, 1.165) is 0 Å². The summed E-state index contributed by atoms with van der Waals surface area (Å²) in [5.74, 6) is 0. The van der Waals surface area contributed by atoms with Crippen LogP contribution in [0.1, 0.15) is 33.6 Å². The number of imidazole rings is 1. The maximum atomic E-state index is 11.7. The van der Waals surface area contributed by atoms with Crippen molar-refractivity contribution in [2.45, 2.75) is 44.8 Å². The molecule has 0 radical (unpaired) electrons. The Morgan fingerprint density at radius 3 is 2.77 bits per heavy atom. The van der Waals surface area contributed by atoms with Gasteiger partial charge in [0, 0.05) is 5.54 Å². The van der Waals surface area contributed by atoms with E-state index in [2.05, 4.69) is 19.7 Å². The van der Waals surface area contributed by atoms with Crippen LogP contribution in [0.5, 0.6) is 0 Å². The molecule has 0 aliphatic heterocycles. The lowest BCUT2D eigenvalue weighted by atomic mass is 9.90. The maximum absolute atomic E-state index is 11.7. The fraction of sp³-hybridized carbons (Fsp3) is 0.571. The van der Waals surface area contributed by atoms with E-state index < -0.39 is 11.1 Å². The van der Waals surface area contributed by atoms with Crippen molar-refractivity contribution in [1.29, 1.82) is 0 Å². The predicted octanol–water partition coefficient (Wildman–Crippen LogP) is 0.559. The minimum Gasteiger partial charge on any atom is -0.465 e. The third kappa shape index (κ3) is 3.33. The van der Waals surface area contributed by atoms with Crippen molar-refractivity contribution in [3.63, 3.8) is 0 Å². The molecule has 0 bridgehead atoms. The number of fused-ring (bicyclic) bond motifs is 1. The van der Waals surface area contributed by atoms with E-state index >= 15 is 0 Å². The number of aromatic amines is 1. The van der Waals surface area contributed by atoms with E-state index in [1.807, 2.05) is 18.4 Å². The van der Waals surface area contributed by atoms with Crippen LogP contribution in [-0.2, 0) is 15.1 Å². The lowest BCUT2D eigenvalue weighted by Gasteiger charge is -2.31. The van der Waals surface area contributed by atoms with Gasteiger partial charge in [-0.3, -0.25) is 9.59 Å². The second-order valence-corrected chi connectivity index (χ2v) is 6.24. The molecule has 0 fully saturated rings. The number of aliphatic hydroxyl groups is 1. The number of carbonyl (C=O) groups is 1. The van der Waals surface area contributed by atoms with Crippen LogP contribution in [0.2, 0.25) is 0 Å². The minimum atomic E-state index is -1.11. The number of nitrogens with one attached hydrogen (secondary N) is 1. The molecule has 2 aromatic heterocycles. The Balaban J connectivity index is 2.20. The summed E-state index contributed by atoms with van der Waals surface area (Å²) in [6, 6.07) is 0. The van der Waals surface area contributed by atoms with Gasteiger partial charge in [0.05, 0.1) is 18.3 Å². The first-order valence-electron chi connectivity index (χ1n) is 6.96. The average Bonchev–Trinajstić information content (AvgIpc) is 2.90. The molecule has 0 saturated heterocycles. The average molecular weight is 308 g/mol. The first kappa shape index (κ1) is 16.2. The van der Waals surface area contributed by atoms with Gasteiger partial charge in [0.15, 0.2) is 11.2 Å². The molecule has 2 N–H and O–H groups in total. The highest BCUT2D eigenvalue weighted by molar-refractivity contribution is 5.69. The van der Waals surface area contributed by atoms with Crippen LogP contribution in [0.3, 0.4) is 0 Å². The van der Waals surface area contributed by atoms with Crippen molar-refractivity contribution in [1.82, 2.24) is 19.5 Å². The van der Waals surface area contributed by atoms with Gasteiger partial charge in [-0.05, 0) is 33.6 Å². The predicted molar refractivity (Wildman–Crippen MR) is 79.3 cm³/mol. The summed E-state index contributed by atoms with van der Waals surface area (Å²) >= 11 is 0. The molecule has 8 heteroatoms. The van der Waals surface area contributed by atoms with Crippen LogP contribution >= 0.6 is 0 Å². The molecule has 8 nitrogen and oxygen atoms in total. The summed E-state index contributed by atoms with van der Waals surface area (Å²) in [6.45, 7) is 5.80. The van der Waals surface area contributed by atoms with Crippen molar-refractivity contribution in [3.05, 3.63) is 23.0 Å². The van der Waals surface area contributed by atoms with Crippen LogP contribution in [0.25, 0.3) is 11.2 Å². The maximum Gasteiger partial charge on any atom is 0.293 e. The molecule has 2 rings (SSSR count). The summed E-state index contributed by atoms with van der Waals surface area (Å²) in [7, 11) is 0. The highest BCUT2D eigenvalue weighted by Gasteiger charge is 2.29. The second-order valence-electron chi connectivity index (χ2n) is 6.24. The van der Waals surface area contributed by atoms with E-state index in [1.54, 1.807) is 13.3 Å². The molecule has 1 atom stereocenters. The van der Waals surface area contributed by atoms with Gasteiger partial charge in [0.2, 0.25) is 0 Å². The first-order valence-corrected chi connectivity index (χ1v) is 6.96. The molecule has 2 aromatic rings. The van der Waals surface area contributed by atoms with Gasteiger partial charge < -0.3 is 19.4 Å². The first-order chi connectivity index (χ1) is 10.3. The van der Waals surface area contributed by atoms with Crippen molar-refractivity contribution < 1.29 is 14.6 Å². The van der Waals surface area contributed by atoms with Crippen LogP contribution in [0, 0.1) is 0 Å². The summed E-state index contributed by atoms with van der Waals surface area (Å²) < 4.78 is 6.45. The molecule has 22 heavy (non-hydrogen) atoms. The molecule has 0 aliphatic rings. The molecular weight excluding hydrogens is 288 g/mol. The Morgan fingerprint density at radius 1 is 1.36 bits per heavy atom. The van der Waals surface area contributed by atoms with Gasteiger partial charge in [-0.15, -0.1) is 0 Å².